The number of carbonyl (C=O) groups is 1. The number of rotatable bonds is 5. The summed E-state index contributed by atoms with van der Waals surface area (Å²) in [5.74, 6) is 0.0381. The van der Waals surface area contributed by atoms with Crippen molar-refractivity contribution < 1.29 is 18.0 Å². The fraction of sp³-hybridized carbons (Fsp3) is 0.200. The molecule has 0 atom stereocenters. The van der Waals surface area contributed by atoms with Crippen molar-refractivity contribution in [3.63, 3.8) is 0 Å². The summed E-state index contributed by atoms with van der Waals surface area (Å²) in [5.41, 5.74) is -0.556. The highest BCUT2D eigenvalue weighted by Gasteiger charge is 2.31. The molecule has 0 saturated heterocycles. The molecule has 2 rings (SSSR count). The quantitative estimate of drug-likeness (QED) is 0.498. The van der Waals surface area contributed by atoms with E-state index in [2.05, 4.69) is 10.3 Å². The zero-order valence-electron chi connectivity index (χ0n) is 12.3. The summed E-state index contributed by atoms with van der Waals surface area (Å²) in [6, 6.07) is 5.32. The van der Waals surface area contributed by atoms with E-state index in [1.807, 2.05) is 0 Å². The molecule has 1 N–H and O–H groups in total. The van der Waals surface area contributed by atoms with Crippen LogP contribution < -0.4 is 5.32 Å². The van der Waals surface area contributed by atoms with Gasteiger partial charge in [0.15, 0.2) is 0 Å². The van der Waals surface area contributed by atoms with Crippen LogP contribution in [-0.2, 0) is 6.18 Å². The number of aromatic nitrogens is 1. The molecule has 10 heteroatoms. The Morgan fingerprint density at radius 3 is 2.44 bits per heavy atom. The summed E-state index contributed by atoms with van der Waals surface area (Å²) in [4.78, 5) is 15.7. The summed E-state index contributed by atoms with van der Waals surface area (Å²) in [7, 11) is 0. The summed E-state index contributed by atoms with van der Waals surface area (Å²) >= 11 is 18.6. The van der Waals surface area contributed by atoms with Gasteiger partial charge >= 0.3 is 6.18 Å². The molecule has 0 unspecified atom stereocenters. The van der Waals surface area contributed by atoms with Gasteiger partial charge in [-0.25, -0.2) is 4.98 Å². The molecule has 0 spiro atoms. The van der Waals surface area contributed by atoms with Gasteiger partial charge < -0.3 is 5.32 Å². The van der Waals surface area contributed by atoms with Gasteiger partial charge in [0.2, 0.25) is 0 Å². The Hall–Kier alpha value is -1.15. The van der Waals surface area contributed by atoms with E-state index in [9.17, 15) is 18.0 Å². The lowest BCUT2D eigenvalue weighted by Gasteiger charge is -2.09. The second kappa shape index (κ2) is 8.49. The third-order valence-electron chi connectivity index (χ3n) is 2.94. The first-order chi connectivity index (χ1) is 11.7. The van der Waals surface area contributed by atoms with Gasteiger partial charge in [0.05, 0.1) is 20.6 Å². The van der Waals surface area contributed by atoms with Crippen LogP contribution >= 0.6 is 46.6 Å². The van der Waals surface area contributed by atoms with Crippen molar-refractivity contribution in [1.29, 1.82) is 0 Å². The number of carbonyl (C=O) groups excluding carboxylic acids is 1. The molecule has 1 aromatic heterocycles. The van der Waals surface area contributed by atoms with Crippen molar-refractivity contribution in [2.45, 2.75) is 11.2 Å². The van der Waals surface area contributed by atoms with E-state index in [1.165, 1.54) is 18.2 Å². The van der Waals surface area contributed by atoms with E-state index in [0.717, 1.165) is 24.0 Å². The molecule has 0 radical (unpaired) electrons. The molecule has 1 amide bonds. The van der Waals surface area contributed by atoms with Crippen LogP contribution in [0, 0.1) is 0 Å². The second-order valence-electron chi connectivity index (χ2n) is 4.74. The van der Waals surface area contributed by atoms with Crippen LogP contribution in [0.1, 0.15) is 15.9 Å². The van der Waals surface area contributed by atoms with Gasteiger partial charge in [0.1, 0.15) is 5.03 Å². The number of benzene rings is 1. The minimum absolute atomic E-state index is 0.0874. The Morgan fingerprint density at radius 2 is 1.84 bits per heavy atom. The summed E-state index contributed by atoms with van der Waals surface area (Å²) < 4.78 is 37.6. The molecule has 25 heavy (non-hydrogen) atoms. The highest BCUT2D eigenvalue weighted by Crippen LogP contribution is 2.33. The van der Waals surface area contributed by atoms with Gasteiger partial charge in [0.25, 0.3) is 5.91 Å². The van der Waals surface area contributed by atoms with Crippen molar-refractivity contribution in [3.05, 3.63) is 56.7 Å². The Morgan fingerprint density at radius 1 is 1.12 bits per heavy atom. The Bertz CT molecular complexity index is 787. The molecule has 0 aliphatic rings. The summed E-state index contributed by atoms with van der Waals surface area (Å²) in [6.45, 7) is 0.267. The monoisotopic (exact) mass is 428 g/mol. The van der Waals surface area contributed by atoms with E-state index in [4.69, 9.17) is 34.8 Å². The fourth-order valence-corrected chi connectivity index (χ4v) is 3.09. The zero-order valence-corrected chi connectivity index (χ0v) is 15.4. The predicted molar refractivity (Wildman–Crippen MR) is 93.8 cm³/mol. The lowest BCUT2D eigenvalue weighted by molar-refractivity contribution is -0.137. The Kier molecular flexibility index (Phi) is 6.85. The Labute approximate surface area is 160 Å². The first-order valence-electron chi connectivity index (χ1n) is 6.77. The topological polar surface area (TPSA) is 42.0 Å². The SMILES string of the molecule is O=C(NCCSc1ncc(C(F)(F)F)cc1Cl)c1ccc(Cl)c(Cl)c1. The number of pyridine rings is 1. The third kappa shape index (κ3) is 5.67. The van der Waals surface area contributed by atoms with Gasteiger partial charge in [-0.05, 0) is 24.3 Å². The van der Waals surface area contributed by atoms with Crippen molar-refractivity contribution in [3.8, 4) is 0 Å². The number of nitrogens with one attached hydrogen (secondary N) is 1. The molecule has 1 heterocycles. The normalized spacial score (nSPS) is 11.4. The molecule has 2 aromatic rings. The highest BCUT2D eigenvalue weighted by molar-refractivity contribution is 7.99. The standard InChI is InChI=1S/C15H10Cl3F3N2OS/c16-10-2-1-8(5-11(10)17)13(24)22-3-4-25-14-12(18)6-9(7-23-14)15(19,20)21/h1-2,5-7H,3-4H2,(H,22,24). The van der Waals surface area contributed by atoms with Gasteiger partial charge in [0, 0.05) is 24.1 Å². The molecular weight excluding hydrogens is 420 g/mol. The van der Waals surface area contributed by atoms with E-state index >= 15 is 0 Å². The number of thioether (sulfide) groups is 1. The van der Waals surface area contributed by atoms with Crippen LogP contribution in [-0.4, -0.2) is 23.2 Å². The average Bonchev–Trinajstić information content (AvgIpc) is 2.54. The van der Waals surface area contributed by atoms with Crippen LogP contribution in [0.4, 0.5) is 13.2 Å². The van der Waals surface area contributed by atoms with Gasteiger partial charge in [-0.1, -0.05) is 34.8 Å². The smallest absolute Gasteiger partial charge is 0.351 e. The minimum atomic E-state index is -4.49. The van der Waals surface area contributed by atoms with Crippen molar-refractivity contribution in [2.24, 2.45) is 0 Å². The van der Waals surface area contributed by atoms with Crippen LogP contribution in [0.15, 0.2) is 35.5 Å². The number of nitrogens with zero attached hydrogens (tertiary/aromatic N) is 1. The summed E-state index contributed by atoms with van der Waals surface area (Å²) in [6.07, 6.45) is -3.77. The maximum absolute atomic E-state index is 12.5. The maximum atomic E-state index is 12.5. The summed E-state index contributed by atoms with van der Waals surface area (Å²) in [5, 5.41) is 3.45. The predicted octanol–water partition coefficient (Wildman–Crippen LogP) is 5.58. The third-order valence-corrected chi connectivity index (χ3v) is 5.09. The van der Waals surface area contributed by atoms with E-state index in [-0.39, 0.29) is 27.5 Å². The first kappa shape index (κ1) is 20.2. The Balaban J connectivity index is 1.86. The molecule has 1 aromatic carbocycles. The van der Waals surface area contributed by atoms with E-state index in [1.54, 1.807) is 0 Å². The molecule has 3 nitrogen and oxygen atoms in total. The lowest BCUT2D eigenvalue weighted by atomic mass is 10.2. The molecule has 134 valence electrons. The number of hydrogen-bond acceptors (Lipinski definition) is 3. The van der Waals surface area contributed by atoms with Crippen LogP contribution in [0.3, 0.4) is 0 Å². The number of halogens is 6. The van der Waals surface area contributed by atoms with Crippen molar-refractivity contribution >= 4 is 52.5 Å². The van der Waals surface area contributed by atoms with Gasteiger partial charge in [-0.15, -0.1) is 11.8 Å². The molecule has 0 fully saturated rings. The second-order valence-corrected chi connectivity index (χ2v) is 7.05. The van der Waals surface area contributed by atoms with E-state index in [0.29, 0.717) is 16.3 Å². The molecule has 0 bridgehead atoms. The molecule has 0 aliphatic heterocycles. The van der Waals surface area contributed by atoms with Gasteiger partial charge in [-0.3, -0.25) is 4.79 Å². The lowest BCUT2D eigenvalue weighted by Crippen LogP contribution is -2.25. The molecule has 0 saturated carbocycles. The number of hydrogen-bond donors (Lipinski definition) is 1. The first-order valence-corrected chi connectivity index (χ1v) is 8.89. The van der Waals surface area contributed by atoms with Crippen molar-refractivity contribution in [1.82, 2.24) is 10.3 Å². The van der Waals surface area contributed by atoms with E-state index < -0.39 is 11.7 Å². The molecule has 0 aliphatic carbocycles. The molecular formula is C15H10Cl3F3N2OS. The zero-order chi connectivity index (χ0) is 18.6. The number of amides is 1. The highest BCUT2D eigenvalue weighted by atomic mass is 35.5. The maximum Gasteiger partial charge on any atom is 0.417 e. The fourth-order valence-electron chi connectivity index (χ4n) is 1.74. The van der Waals surface area contributed by atoms with Gasteiger partial charge in [-0.2, -0.15) is 13.2 Å². The number of alkyl halides is 3. The average molecular weight is 430 g/mol. The minimum Gasteiger partial charge on any atom is -0.351 e. The van der Waals surface area contributed by atoms with Crippen LogP contribution in [0.5, 0.6) is 0 Å². The van der Waals surface area contributed by atoms with Crippen molar-refractivity contribution in [2.75, 3.05) is 12.3 Å². The van der Waals surface area contributed by atoms with Crippen LogP contribution in [0.25, 0.3) is 0 Å². The van der Waals surface area contributed by atoms with Crippen LogP contribution in [0.2, 0.25) is 15.1 Å². The largest absolute Gasteiger partial charge is 0.417 e.